The van der Waals surface area contributed by atoms with Gasteiger partial charge >= 0.3 is 0 Å². The fraction of sp³-hybridized carbons (Fsp3) is 0.458. The Morgan fingerprint density at radius 2 is 1.48 bits per heavy atom. The van der Waals surface area contributed by atoms with Gasteiger partial charge in [0.25, 0.3) is 5.91 Å². The molecule has 0 aromatic heterocycles. The number of carbonyl (C=O) groups is 1. The van der Waals surface area contributed by atoms with E-state index in [4.69, 9.17) is 4.74 Å². The monoisotopic (exact) mass is 472 g/mol. The van der Waals surface area contributed by atoms with E-state index in [-0.39, 0.29) is 23.0 Å². The zero-order valence-corrected chi connectivity index (χ0v) is 20.2. The third kappa shape index (κ3) is 5.55. The molecule has 1 amide bonds. The third-order valence-electron chi connectivity index (χ3n) is 6.13. The van der Waals surface area contributed by atoms with E-state index in [1.54, 1.807) is 12.1 Å². The number of carbonyl (C=O) groups excluding carboxylic acids is 1. The lowest BCUT2D eigenvalue weighted by Gasteiger charge is -2.34. The molecule has 2 saturated heterocycles. The molecule has 2 aromatic carbocycles. The number of nitrogens with zero attached hydrogens (tertiary/aromatic N) is 3. The van der Waals surface area contributed by atoms with Gasteiger partial charge in [-0.15, -0.1) is 0 Å². The Labute approximate surface area is 196 Å². The SMILES string of the molecule is CC1CN(S(=O)(=O)c2ccc(C(=O)Nc3ccc(N4CCN(C)CC4)cc3)cc2)CC(C)O1. The van der Waals surface area contributed by atoms with Gasteiger partial charge in [-0.1, -0.05) is 0 Å². The van der Waals surface area contributed by atoms with Gasteiger partial charge in [0.15, 0.2) is 0 Å². The van der Waals surface area contributed by atoms with Crippen molar-refractivity contribution in [1.29, 1.82) is 0 Å². The first-order valence-corrected chi connectivity index (χ1v) is 12.8. The summed E-state index contributed by atoms with van der Waals surface area (Å²) in [6.45, 7) is 8.41. The molecule has 0 bridgehead atoms. The van der Waals surface area contributed by atoms with E-state index in [0.717, 1.165) is 31.9 Å². The lowest BCUT2D eigenvalue weighted by molar-refractivity contribution is -0.0440. The fourth-order valence-corrected chi connectivity index (χ4v) is 5.87. The maximum absolute atomic E-state index is 13.0. The second-order valence-electron chi connectivity index (χ2n) is 8.90. The number of likely N-dealkylation sites (N-methyl/N-ethyl adjacent to an activating group) is 1. The second-order valence-corrected chi connectivity index (χ2v) is 10.8. The van der Waals surface area contributed by atoms with Crippen LogP contribution in [0.15, 0.2) is 53.4 Å². The number of hydrogen-bond donors (Lipinski definition) is 1. The standard InChI is InChI=1S/C24H32N4O4S/c1-18-16-28(17-19(2)32-18)33(30,31)23-10-4-20(5-11-23)24(29)25-21-6-8-22(9-7-21)27-14-12-26(3)13-15-27/h4-11,18-19H,12-17H2,1-3H3,(H,25,29). The van der Waals surface area contributed by atoms with Crippen LogP contribution in [-0.2, 0) is 14.8 Å². The van der Waals surface area contributed by atoms with Crippen LogP contribution in [0.2, 0.25) is 0 Å². The maximum Gasteiger partial charge on any atom is 0.255 e. The summed E-state index contributed by atoms with van der Waals surface area (Å²) in [5.41, 5.74) is 2.24. The summed E-state index contributed by atoms with van der Waals surface area (Å²) in [4.78, 5) is 17.5. The Morgan fingerprint density at radius 3 is 2.06 bits per heavy atom. The molecule has 2 aliphatic rings. The molecule has 2 unspecified atom stereocenters. The minimum absolute atomic E-state index is 0.156. The lowest BCUT2D eigenvalue weighted by Crippen LogP contribution is -2.48. The molecular formula is C24H32N4O4S. The van der Waals surface area contributed by atoms with E-state index in [1.807, 2.05) is 38.1 Å². The first-order chi connectivity index (χ1) is 15.7. The molecule has 2 heterocycles. The Balaban J connectivity index is 1.39. The van der Waals surface area contributed by atoms with Crippen molar-refractivity contribution >= 4 is 27.3 Å². The summed E-state index contributed by atoms with van der Waals surface area (Å²) in [6.07, 6.45) is -0.313. The topological polar surface area (TPSA) is 82.2 Å². The van der Waals surface area contributed by atoms with Crippen LogP contribution in [0.3, 0.4) is 0 Å². The molecule has 178 valence electrons. The quantitative estimate of drug-likeness (QED) is 0.720. The number of benzene rings is 2. The second kappa shape index (κ2) is 9.80. The van der Waals surface area contributed by atoms with Gasteiger partial charge in [-0.3, -0.25) is 4.79 Å². The molecule has 1 N–H and O–H groups in total. The number of hydrogen-bond acceptors (Lipinski definition) is 6. The summed E-state index contributed by atoms with van der Waals surface area (Å²) in [5, 5.41) is 2.89. The van der Waals surface area contributed by atoms with Gasteiger partial charge in [-0.05, 0) is 69.4 Å². The minimum atomic E-state index is -3.63. The molecule has 2 fully saturated rings. The van der Waals surface area contributed by atoms with Gasteiger partial charge in [-0.2, -0.15) is 4.31 Å². The average molecular weight is 473 g/mol. The van der Waals surface area contributed by atoms with E-state index < -0.39 is 10.0 Å². The molecule has 0 saturated carbocycles. The van der Waals surface area contributed by atoms with Crippen LogP contribution in [0.25, 0.3) is 0 Å². The van der Waals surface area contributed by atoms with Crippen molar-refractivity contribution in [3.05, 3.63) is 54.1 Å². The smallest absolute Gasteiger partial charge is 0.255 e. The predicted octanol–water partition coefficient (Wildman–Crippen LogP) is 2.49. The molecular weight excluding hydrogens is 440 g/mol. The van der Waals surface area contributed by atoms with E-state index in [2.05, 4.69) is 22.2 Å². The van der Waals surface area contributed by atoms with Crippen LogP contribution in [0, 0.1) is 0 Å². The molecule has 33 heavy (non-hydrogen) atoms. The highest BCUT2D eigenvalue weighted by Crippen LogP contribution is 2.23. The molecule has 8 nitrogen and oxygen atoms in total. The van der Waals surface area contributed by atoms with Gasteiger partial charge in [0.1, 0.15) is 0 Å². The van der Waals surface area contributed by atoms with Gasteiger partial charge in [-0.25, -0.2) is 8.42 Å². The Kier molecular flexibility index (Phi) is 7.04. The van der Waals surface area contributed by atoms with Crippen LogP contribution in [0.1, 0.15) is 24.2 Å². The van der Waals surface area contributed by atoms with Gasteiger partial charge in [0.2, 0.25) is 10.0 Å². The largest absolute Gasteiger partial charge is 0.373 e. The van der Waals surface area contributed by atoms with Gasteiger partial charge in [0, 0.05) is 56.2 Å². The van der Waals surface area contributed by atoms with Crippen molar-refractivity contribution in [3.63, 3.8) is 0 Å². The van der Waals surface area contributed by atoms with E-state index >= 15 is 0 Å². The lowest BCUT2D eigenvalue weighted by atomic mass is 10.2. The van der Waals surface area contributed by atoms with Crippen molar-refractivity contribution < 1.29 is 17.9 Å². The fourth-order valence-electron chi connectivity index (χ4n) is 4.28. The number of morpholine rings is 1. The number of nitrogens with one attached hydrogen (secondary N) is 1. The maximum atomic E-state index is 13.0. The Hall–Kier alpha value is -2.46. The molecule has 9 heteroatoms. The zero-order chi connectivity index (χ0) is 23.6. The molecule has 2 atom stereocenters. The van der Waals surface area contributed by atoms with Crippen molar-refractivity contribution in [3.8, 4) is 0 Å². The molecule has 0 radical (unpaired) electrons. The van der Waals surface area contributed by atoms with Crippen molar-refractivity contribution in [2.75, 3.05) is 56.5 Å². The third-order valence-corrected chi connectivity index (χ3v) is 7.98. The van der Waals surface area contributed by atoms with Crippen LogP contribution >= 0.6 is 0 Å². The highest BCUT2D eigenvalue weighted by atomic mass is 32.2. The average Bonchev–Trinajstić information content (AvgIpc) is 2.79. The van der Waals surface area contributed by atoms with Gasteiger partial charge in [0.05, 0.1) is 17.1 Å². The summed E-state index contributed by atoms with van der Waals surface area (Å²) < 4.78 is 33.1. The zero-order valence-electron chi connectivity index (χ0n) is 19.4. The van der Waals surface area contributed by atoms with Crippen molar-refractivity contribution in [2.45, 2.75) is 31.0 Å². The first-order valence-electron chi connectivity index (χ1n) is 11.3. The minimum Gasteiger partial charge on any atom is -0.373 e. The molecule has 4 rings (SSSR count). The van der Waals surface area contributed by atoms with Crippen molar-refractivity contribution in [1.82, 2.24) is 9.21 Å². The number of ether oxygens (including phenoxy) is 1. The van der Waals surface area contributed by atoms with Crippen LogP contribution in [0.4, 0.5) is 11.4 Å². The van der Waals surface area contributed by atoms with Crippen LogP contribution < -0.4 is 10.2 Å². The summed E-state index contributed by atoms with van der Waals surface area (Å²) >= 11 is 0. The van der Waals surface area contributed by atoms with Crippen LogP contribution in [-0.4, -0.2) is 82.1 Å². The summed E-state index contributed by atoms with van der Waals surface area (Å²) in [5.74, 6) is -0.278. The highest BCUT2D eigenvalue weighted by molar-refractivity contribution is 7.89. The molecule has 0 spiro atoms. The first kappa shape index (κ1) is 23.7. The normalized spacial score (nSPS) is 22.8. The number of sulfonamides is 1. The molecule has 2 aliphatic heterocycles. The van der Waals surface area contributed by atoms with E-state index in [1.165, 1.54) is 16.4 Å². The molecule has 0 aliphatic carbocycles. The van der Waals surface area contributed by atoms with E-state index in [0.29, 0.717) is 24.3 Å². The number of rotatable bonds is 5. The van der Waals surface area contributed by atoms with Gasteiger partial charge < -0.3 is 19.9 Å². The highest BCUT2D eigenvalue weighted by Gasteiger charge is 2.32. The van der Waals surface area contributed by atoms with E-state index in [9.17, 15) is 13.2 Å². The molecule has 2 aromatic rings. The predicted molar refractivity (Wildman–Crippen MR) is 129 cm³/mol. The number of amides is 1. The Morgan fingerprint density at radius 1 is 0.909 bits per heavy atom. The summed E-state index contributed by atoms with van der Waals surface area (Å²) in [7, 11) is -1.51. The Bertz CT molecular complexity index is 1050. The number of anilines is 2. The van der Waals surface area contributed by atoms with Crippen molar-refractivity contribution in [2.24, 2.45) is 0 Å². The summed E-state index contributed by atoms with van der Waals surface area (Å²) in [6, 6.07) is 13.9. The number of piperazine rings is 1. The van der Waals surface area contributed by atoms with Crippen LogP contribution in [0.5, 0.6) is 0 Å².